The topological polar surface area (TPSA) is 89.6 Å². The molecule has 1 aliphatic carbocycles. The summed E-state index contributed by atoms with van der Waals surface area (Å²) >= 11 is 0. The normalized spacial score (nSPS) is 14.0. The van der Waals surface area contributed by atoms with E-state index in [9.17, 15) is 4.79 Å². The molecule has 0 bridgehead atoms. The minimum atomic E-state index is -1.17. The average molecular weight is 577 g/mol. The van der Waals surface area contributed by atoms with Crippen molar-refractivity contribution in [3.8, 4) is 22.7 Å². The highest BCUT2D eigenvalue weighted by Crippen LogP contribution is 2.33. The van der Waals surface area contributed by atoms with Gasteiger partial charge >= 0.3 is 5.97 Å². The van der Waals surface area contributed by atoms with E-state index in [1.165, 1.54) is 7.11 Å². The first kappa shape index (κ1) is 29.0. The largest absolute Gasteiger partial charge is 0.490 e. The molecule has 2 aromatic carbocycles. The van der Waals surface area contributed by atoms with Gasteiger partial charge in [0, 0.05) is 25.6 Å². The van der Waals surface area contributed by atoms with Gasteiger partial charge < -0.3 is 18.9 Å². The lowest BCUT2D eigenvalue weighted by atomic mass is 10.1. The zero-order chi connectivity index (χ0) is 29.2. The molecular formula is C31H40N4O5Si. The Morgan fingerprint density at radius 2 is 1.88 bits per heavy atom. The Kier molecular flexibility index (Phi) is 8.35. The average Bonchev–Trinajstić information content (AvgIpc) is 3.49. The number of methoxy groups -OCH3 is 1. The number of carbonyl (C=O) groups is 1. The second kappa shape index (κ2) is 11.8. The molecule has 1 aliphatic rings. The van der Waals surface area contributed by atoms with Gasteiger partial charge in [-0.1, -0.05) is 37.8 Å². The van der Waals surface area contributed by atoms with Crippen molar-refractivity contribution in [2.24, 2.45) is 0 Å². The van der Waals surface area contributed by atoms with E-state index >= 15 is 0 Å². The lowest BCUT2D eigenvalue weighted by Crippen LogP contribution is -2.35. The van der Waals surface area contributed by atoms with Gasteiger partial charge in [-0.2, -0.15) is 10.2 Å². The highest BCUT2D eigenvalue weighted by molar-refractivity contribution is 6.76. The second-order valence-electron chi connectivity index (χ2n) is 12.3. The summed E-state index contributed by atoms with van der Waals surface area (Å²) in [7, 11) is 0.186. The number of benzene rings is 2. The maximum atomic E-state index is 12.2. The molecule has 5 rings (SSSR count). The van der Waals surface area contributed by atoms with Gasteiger partial charge in [0.05, 0.1) is 48.6 Å². The fourth-order valence-electron chi connectivity index (χ4n) is 4.46. The van der Waals surface area contributed by atoms with E-state index in [0.717, 1.165) is 59.1 Å². The van der Waals surface area contributed by atoms with E-state index in [-0.39, 0.29) is 6.61 Å². The van der Waals surface area contributed by atoms with E-state index in [0.29, 0.717) is 18.5 Å². The van der Waals surface area contributed by atoms with Gasteiger partial charge in [0.25, 0.3) is 0 Å². The standard InChI is InChI=1S/C31H40N4O5Si/c1-31(2,30(36)37-3)39-20-23-18-29(22-9-7-10-25(17-22)40-24-13-14-24)35(33-23)28-12-8-11-27-26(28)19-32-34(27)21-38-15-16-41(4,5)6/h7-12,17-19,24H,13-16,20-21H2,1-6H3. The van der Waals surface area contributed by atoms with Crippen LogP contribution in [0.4, 0.5) is 0 Å². The molecule has 1 saturated carbocycles. The van der Waals surface area contributed by atoms with E-state index < -0.39 is 19.6 Å². The first-order valence-corrected chi connectivity index (χ1v) is 17.9. The molecule has 0 spiro atoms. The highest BCUT2D eigenvalue weighted by Gasteiger charge is 2.30. The van der Waals surface area contributed by atoms with Gasteiger partial charge in [0.15, 0.2) is 5.60 Å². The molecule has 0 saturated heterocycles. The Bertz CT molecular complexity index is 1520. The summed E-state index contributed by atoms with van der Waals surface area (Å²) in [6, 6.07) is 17.3. The summed E-state index contributed by atoms with van der Waals surface area (Å²) in [5.41, 5.74) is 3.28. The van der Waals surface area contributed by atoms with Crippen LogP contribution in [0.25, 0.3) is 27.8 Å². The highest BCUT2D eigenvalue weighted by atomic mass is 28.3. The van der Waals surface area contributed by atoms with E-state index in [1.54, 1.807) is 13.8 Å². The molecule has 0 amide bonds. The Hall–Kier alpha value is -3.47. The van der Waals surface area contributed by atoms with Crippen LogP contribution >= 0.6 is 0 Å². The number of fused-ring (bicyclic) bond motifs is 1. The van der Waals surface area contributed by atoms with Crippen LogP contribution < -0.4 is 4.74 Å². The van der Waals surface area contributed by atoms with Gasteiger partial charge in [0.2, 0.25) is 0 Å². The molecule has 0 unspecified atom stereocenters. The number of nitrogens with zero attached hydrogens (tertiary/aromatic N) is 4. The molecule has 1 fully saturated rings. The van der Waals surface area contributed by atoms with E-state index in [4.69, 9.17) is 24.0 Å². The van der Waals surface area contributed by atoms with Crippen LogP contribution in [0.1, 0.15) is 32.4 Å². The summed E-state index contributed by atoms with van der Waals surface area (Å²) in [5, 5.41) is 10.5. The Morgan fingerprint density at radius 1 is 1.10 bits per heavy atom. The summed E-state index contributed by atoms with van der Waals surface area (Å²) < 4.78 is 26.7. The van der Waals surface area contributed by atoms with Crippen molar-refractivity contribution < 1.29 is 23.7 Å². The minimum Gasteiger partial charge on any atom is -0.490 e. The first-order chi connectivity index (χ1) is 19.5. The summed E-state index contributed by atoms with van der Waals surface area (Å²) in [6.45, 7) is 11.7. The van der Waals surface area contributed by atoms with Gasteiger partial charge in [-0.15, -0.1) is 0 Å². The van der Waals surface area contributed by atoms with E-state index in [2.05, 4.69) is 24.7 Å². The Morgan fingerprint density at radius 3 is 2.61 bits per heavy atom. The summed E-state index contributed by atoms with van der Waals surface area (Å²) in [4.78, 5) is 12.2. The second-order valence-corrected chi connectivity index (χ2v) is 17.9. The molecule has 2 heterocycles. The van der Waals surface area contributed by atoms with Gasteiger partial charge in [-0.25, -0.2) is 14.2 Å². The van der Waals surface area contributed by atoms with Crippen molar-refractivity contribution in [3.05, 3.63) is 60.4 Å². The van der Waals surface area contributed by atoms with Gasteiger partial charge in [-0.05, 0) is 63.1 Å². The zero-order valence-corrected chi connectivity index (χ0v) is 25.8. The maximum Gasteiger partial charge on any atom is 0.337 e. The lowest BCUT2D eigenvalue weighted by Gasteiger charge is -2.21. The number of hydrogen-bond acceptors (Lipinski definition) is 7. The lowest BCUT2D eigenvalue weighted by molar-refractivity contribution is -0.166. The van der Waals surface area contributed by atoms with Gasteiger partial charge in [0.1, 0.15) is 12.5 Å². The Labute approximate surface area is 242 Å². The number of rotatable bonds is 13. The number of carbonyl (C=O) groups excluding carboxylic acids is 1. The van der Waals surface area contributed by atoms with Crippen LogP contribution in [0.5, 0.6) is 5.75 Å². The molecule has 0 aliphatic heterocycles. The quantitative estimate of drug-likeness (QED) is 0.106. The SMILES string of the molecule is COC(=O)C(C)(C)OCc1cc(-c2cccc(OC3CC3)c2)n(-c2cccc3c2cnn3COCC[Si](C)(C)C)n1. The third-order valence-corrected chi connectivity index (χ3v) is 8.78. The van der Waals surface area contributed by atoms with Crippen LogP contribution in [0.2, 0.25) is 25.7 Å². The third-order valence-electron chi connectivity index (χ3n) is 7.08. The predicted octanol–water partition coefficient (Wildman–Crippen LogP) is 6.21. The smallest absolute Gasteiger partial charge is 0.337 e. The van der Waals surface area contributed by atoms with Crippen LogP contribution in [0, 0.1) is 0 Å². The van der Waals surface area contributed by atoms with Crippen molar-refractivity contribution in [2.75, 3.05) is 13.7 Å². The van der Waals surface area contributed by atoms with Crippen LogP contribution in [-0.2, 0) is 32.3 Å². The number of esters is 1. The van der Waals surface area contributed by atoms with Crippen molar-refractivity contribution in [3.63, 3.8) is 0 Å². The predicted molar refractivity (Wildman–Crippen MR) is 161 cm³/mol. The van der Waals surface area contributed by atoms with Crippen LogP contribution in [0.15, 0.2) is 54.7 Å². The molecule has 0 N–H and O–H groups in total. The van der Waals surface area contributed by atoms with Crippen LogP contribution in [0.3, 0.4) is 0 Å². The molecular weight excluding hydrogens is 536 g/mol. The maximum absolute atomic E-state index is 12.2. The monoisotopic (exact) mass is 576 g/mol. The molecule has 41 heavy (non-hydrogen) atoms. The molecule has 2 aromatic heterocycles. The van der Waals surface area contributed by atoms with Gasteiger partial charge in [-0.3, -0.25) is 0 Å². The molecule has 0 radical (unpaired) electrons. The fraction of sp³-hybridized carbons (Fsp3) is 0.452. The molecule has 10 heteroatoms. The third kappa shape index (κ3) is 7.06. The molecule has 4 aromatic rings. The Balaban J connectivity index is 1.48. The molecule has 0 atom stereocenters. The van der Waals surface area contributed by atoms with E-state index in [1.807, 2.05) is 64.1 Å². The number of aromatic nitrogens is 4. The number of ether oxygens (including phenoxy) is 4. The fourth-order valence-corrected chi connectivity index (χ4v) is 5.22. The minimum absolute atomic E-state index is 0.139. The van der Waals surface area contributed by atoms with Crippen molar-refractivity contribution in [1.29, 1.82) is 0 Å². The molecule has 218 valence electrons. The summed E-state index contributed by atoms with van der Waals surface area (Å²) in [5.74, 6) is 0.398. The van der Waals surface area contributed by atoms with Crippen molar-refractivity contribution in [1.82, 2.24) is 19.6 Å². The summed E-state index contributed by atoms with van der Waals surface area (Å²) in [6.07, 6.45) is 4.34. The van der Waals surface area contributed by atoms with Crippen molar-refractivity contribution in [2.45, 2.75) is 77.4 Å². The van der Waals surface area contributed by atoms with Crippen molar-refractivity contribution >= 4 is 24.9 Å². The van der Waals surface area contributed by atoms with Crippen LogP contribution in [-0.4, -0.2) is 59.0 Å². The molecule has 9 nitrogen and oxygen atoms in total. The zero-order valence-electron chi connectivity index (χ0n) is 24.8. The first-order valence-electron chi connectivity index (χ1n) is 14.2. The number of hydrogen-bond donors (Lipinski definition) is 0.